The zero-order valence-corrected chi connectivity index (χ0v) is 28.6. The number of H-pyrrole nitrogens is 2. The molecular formula is C44H29N6OP. The van der Waals surface area contributed by atoms with E-state index in [1.807, 2.05) is 87.5 Å². The van der Waals surface area contributed by atoms with Gasteiger partial charge in [-0.15, -0.1) is 0 Å². The molecule has 246 valence electrons. The maximum absolute atomic E-state index is 17.0. The van der Waals surface area contributed by atoms with Crippen molar-refractivity contribution in [3.05, 3.63) is 164 Å². The molecule has 52 heavy (non-hydrogen) atoms. The summed E-state index contributed by atoms with van der Waals surface area (Å²) in [5.74, 6) is 0.489. The fourth-order valence-corrected chi connectivity index (χ4v) is 10.9. The van der Waals surface area contributed by atoms with E-state index < -0.39 is 7.44 Å². The van der Waals surface area contributed by atoms with Gasteiger partial charge in [0.05, 0.1) is 27.6 Å². The molecule has 1 unspecified atom stereocenters. The largest absolute Gasteiger partial charge is 0.354 e. The molecule has 0 aliphatic heterocycles. The van der Waals surface area contributed by atoms with Crippen LogP contribution < -0.4 is 5.57 Å². The lowest BCUT2D eigenvalue weighted by Gasteiger charge is -2.23. The summed E-state index contributed by atoms with van der Waals surface area (Å²) >= 11 is 0. The summed E-state index contributed by atoms with van der Waals surface area (Å²) in [4.78, 5) is 8.74. The first kappa shape index (κ1) is 29.1. The molecule has 8 heteroatoms. The molecule has 0 aliphatic carbocycles. The standard InChI is InChI=1S/C44H29N6OP/c51-52(44-46-43(47-48-44)28-13-2-1-3-14-28,49-38-22-9-5-16-32(38)33-17-6-10-23-39(33)49)50-40-24-11-7-18-34(40)35-26-25-29(27-41(35)50)30-19-12-20-36-31-15-4-8-21-37(31)45-42(30)36/h1-27,45H,(H,46,47,48). The highest BCUT2D eigenvalue weighted by molar-refractivity contribution is 7.69. The lowest BCUT2D eigenvalue weighted by Crippen LogP contribution is -2.21. The maximum atomic E-state index is 17.0. The van der Waals surface area contributed by atoms with Crippen molar-refractivity contribution in [3.8, 4) is 22.5 Å². The zero-order chi connectivity index (χ0) is 34.4. The number of nitrogens with zero attached hydrogens (tertiary/aromatic N) is 4. The molecule has 0 saturated heterocycles. The molecule has 0 saturated carbocycles. The lowest BCUT2D eigenvalue weighted by atomic mass is 10.0. The molecule has 0 aliphatic rings. The van der Waals surface area contributed by atoms with E-state index in [-0.39, 0.29) is 0 Å². The SMILES string of the molecule is O=P(c1nc(-c2ccccc2)n[nH]1)(n1c2ccccc2c2ccccc21)n1c2ccccc2c2ccc(-c3cccc4c3[nH]c3ccccc34)cc21. The number of para-hydroxylation sites is 5. The van der Waals surface area contributed by atoms with E-state index in [0.29, 0.717) is 11.4 Å². The van der Waals surface area contributed by atoms with Crippen LogP contribution in [0.15, 0.2) is 164 Å². The van der Waals surface area contributed by atoms with Crippen LogP contribution in [-0.4, -0.2) is 28.8 Å². The minimum Gasteiger partial charge on any atom is -0.354 e. The third-order valence-corrected chi connectivity index (χ3v) is 13.1. The highest BCUT2D eigenvalue weighted by Gasteiger charge is 2.39. The molecule has 7 aromatic carbocycles. The number of hydrogen-bond acceptors (Lipinski definition) is 3. The molecule has 0 radical (unpaired) electrons. The van der Waals surface area contributed by atoms with E-state index in [1.54, 1.807) is 0 Å². The van der Waals surface area contributed by atoms with Crippen molar-refractivity contribution in [2.45, 2.75) is 0 Å². The van der Waals surface area contributed by atoms with Gasteiger partial charge in [-0.25, -0.2) is 4.98 Å². The van der Waals surface area contributed by atoms with Crippen LogP contribution in [0.3, 0.4) is 0 Å². The van der Waals surface area contributed by atoms with Crippen LogP contribution in [0.1, 0.15) is 0 Å². The Morgan fingerprint density at radius 2 is 1.04 bits per heavy atom. The predicted molar refractivity (Wildman–Crippen MR) is 214 cm³/mol. The van der Waals surface area contributed by atoms with Crippen LogP contribution in [0.5, 0.6) is 0 Å². The predicted octanol–water partition coefficient (Wildman–Crippen LogP) is 10.9. The fourth-order valence-electron chi connectivity index (χ4n) is 8.10. The van der Waals surface area contributed by atoms with Crippen molar-refractivity contribution < 1.29 is 4.57 Å². The van der Waals surface area contributed by atoms with Crippen molar-refractivity contribution in [1.82, 2.24) is 28.8 Å². The molecule has 0 amide bonds. The second kappa shape index (κ2) is 10.9. The average Bonchev–Trinajstić information content (AvgIpc) is 3.99. The third-order valence-electron chi connectivity index (χ3n) is 10.4. The van der Waals surface area contributed by atoms with E-state index >= 15 is 4.57 Å². The van der Waals surface area contributed by atoms with E-state index in [4.69, 9.17) is 4.98 Å². The lowest BCUT2D eigenvalue weighted by molar-refractivity contribution is 0.571. The summed E-state index contributed by atoms with van der Waals surface area (Å²) in [7, 11) is -3.95. The Kier molecular flexibility index (Phi) is 6.10. The van der Waals surface area contributed by atoms with Crippen molar-refractivity contribution in [2.24, 2.45) is 0 Å². The van der Waals surface area contributed by atoms with Crippen LogP contribution in [0.4, 0.5) is 0 Å². The molecule has 0 bridgehead atoms. The first-order valence-corrected chi connectivity index (χ1v) is 18.9. The molecule has 0 spiro atoms. The summed E-state index contributed by atoms with van der Waals surface area (Å²) in [6.07, 6.45) is 0. The van der Waals surface area contributed by atoms with E-state index in [0.717, 1.165) is 71.3 Å². The van der Waals surface area contributed by atoms with Gasteiger partial charge in [0.2, 0.25) is 5.57 Å². The number of rotatable bonds is 5. The summed E-state index contributed by atoms with van der Waals surface area (Å²) in [6, 6.07) is 55.7. The molecule has 0 fully saturated rings. The second-order valence-electron chi connectivity index (χ2n) is 13.2. The number of hydrogen-bond donors (Lipinski definition) is 2. The van der Waals surface area contributed by atoms with Gasteiger partial charge in [0.25, 0.3) is 0 Å². The van der Waals surface area contributed by atoms with Gasteiger partial charge in [-0.2, -0.15) is 5.10 Å². The number of nitrogens with one attached hydrogen (secondary N) is 2. The third kappa shape index (κ3) is 3.99. The van der Waals surface area contributed by atoms with Crippen LogP contribution in [0, 0.1) is 0 Å². The summed E-state index contributed by atoms with van der Waals surface area (Å²) < 4.78 is 21.0. The van der Waals surface area contributed by atoms with Gasteiger partial charge in [-0.1, -0.05) is 133 Å². The van der Waals surface area contributed by atoms with Crippen LogP contribution in [-0.2, 0) is 4.57 Å². The average molecular weight is 689 g/mol. The van der Waals surface area contributed by atoms with Gasteiger partial charge in [0.1, 0.15) is 0 Å². The molecular weight excluding hydrogens is 659 g/mol. The quantitative estimate of drug-likeness (QED) is 0.177. The Hall–Kier alpha value is -6.69. The minimum absolute atomic E-state index is 0.295. The van der Waals surface area contributed by atoms with E-state index in [2.05, 4.69) is 100 Å². The smallest absolute Gasteiger partial charge is 0.337 e. The van der Waals surface area contributed by atoms with Gasteiger partial charge in [-0.05, 0) is 35.9 Å². The first-order chi connectivity index (χ1) is 25.7. The van der Waals surface area contributed by atoms with Gasteiger partial charge in [-0.3, -0.25) is 18.3 Å². The monoisotopic (exact) mass is 688 g/mol. The Balaban J connectivity index is 1.27. The van der Waals surface area contributed by atoms with E-state index in [1.165, 1.54) is 10.8 Å². The van der Waals surface area contributed by atoms with Crippen molar-refractivity contribution in [3.63, 3.8) is 0 Å². The normalized spacial score (nSPS) is 13.2. The maximum Gasteiger partial charge on any atom is 0.337 e. The summed E-state index contributed by atoms with van der Waals surface area (Å²) in [5, 5.41) is 14.3. The van der Waals surface area contributed by atoms with Crippen molar-refractivity contribution >= 4 is 78.4 Å². The van der Waals surface area contributed by atoms with Crippen LogP contribution >= 0.6 is 7.44 Å². The number of fused-ring (bicyclic) bond motifs is 9. The second-order valence-corrected chi connectivity index (χ2v) is 15.5. The summed E-state index contributed by atoms with van der Waals surface area (Å²) in [5.41, 5.74) is 8.79. The Morgan fingerprint density at radius 1 is 0.481 bits per heavy atom. The van der Waals surface area contributed by atoms with Gasteiger partial charge < -0.3 is 4.98 Å². The Bertz CT molecular complexity index is 3190. The van der Waals surface area contributed by atoms with Crippen molar-refractivity contribution in [1.29, 1.82) is 0 Å². The van der Waals surface area contributed by atoms with Crippen molar-refractivity contribution in [2.75, 3.05) is 0 Å². The minimum atomic E-state index is -3.95. The number of aromatic nitrogens is 6. The molecule has 11 rings (SSSR count). The number of benzene rings is 7. The molecule has 4 heterocycles. The fraction of sp³-hybridized carbons (Fsp3) is 0. The topological polar surface area (TPSA) is 84.3 Å². The Morgan fingerprint density at radius 3 is 1.73 bits per heavy atom. The first-order valence-electron chi connectivity index (χ1n) is 17.3. The molecule has 2 N–H and O–H groups in total. The van der Waals surface area contributed by atoms with Crippen LogP contribution in [0.25, 0.3) is 87.9 Å². The highest BCUT2D eigenvalue weighted by atomic mass is 31.2. The highest BCUT2D eigenvalue weighted by Crippen LogP contribution is 2.56. The molecule has 7 nitrogen and oxygen atoms in total. The van der Waals surface area contributed by atoms with Gasteiger partial charge in [0.15, 0.2) is 5.82 Å². The van der Waals surface area contributed by atoms with Crippen LogP contribution in [0.2, 0.25) is 0 Å². The zero-order valence-electron chi connectivity index (χ0n) is 27.7. The van der Waals surface area contributed by atoms with Gasteiger partial charge >= 0.3 is 7.44 Å². The Labute approximate surface area is 297 Å². The molecule has 4 aromatic heterocycles. The van der Waals surface area contributed by atoms with Gasteiger partial charge in [0, 0.05) is 49.0 Å². The number of aromatic amines is 2. The summed E-state index contributed by atoms with van der Waals surface area (Å²) in [6.45, 7) is 0. The molecule has 1 atom stereocenters. The van der Waals surface area contributed by atoms with E-state index in [9.17, 15) is 0 Å². The molecule has 11 aromatic rings.